The van der Waals surface area contributed by atoms with Crippen molar-refractivity contribution in [2.45, 2.75) is 37.8 Å². The van der Waals surface area contributed by atoms with Crippen molar-refractivity contribution in [1.82, 2.24) is 34.8 Å². The number of carbonyl (C=O) groups is 1. The van der Waals surface area contributed by atoms with Gasteiger partial charge in [0.25, 0.3) is 5.91 Å². The number of hydrogen-bond donors (Lipinski definition) is 2. The molecule has 6 heterocycles. The summed E-state index contributed by atoms with van der Waals surface area (Å²) in [6, 6.07) is 9.13. The normalized spacial score (nSPS) is 20.3. The maximum Gasteiger partial charge on any atom is 0.262 e. The number of ether oxygens (including phenoxy) is 1. The molecule has 2 N–H and O–H groups in total. The molecule has 4 aromatic heterocycles. The van der Waals surface area contributed by atoms with Crippen molar-refractivity contribution in [3.8, 4) is 22.8 Å². The van der Waals surface area contributed by atoms with Crippen molar-refractivity contribution in [2.75, 3.05) is 32.1 Å². The van der Waals surface area contributed by atoms with Crippen LogP contribution in [0.2, 0.25) is 0 Å². The molecule has 1 amide bonds. The average Bonchev–Trinajstić information content (AvgIpc) is 3.66. The van der Waals surface area contributed by atoms with E-state index in [1.165, 1.54) is 4.90 Å². The zero-order valence-electron chi connectivity index (χ0n) is 21.2. The van der Waals surface area contributed by atoms with Gasteiger partial charge in [-0.1, -0.05) is 11.2 Å². The molecule has 38 heavy (non-hydrogen) atoms. The lowest BCUT2D eigenvalue weighted by Crippen LogP contribution is -2.35. The van der Waals surface area contributed by atoms with Crippen LogP contribution >= 0.6 is 0 Å². The molecule has 12 nitrogen and oxygen atoms in total. The first kappa shape index (κ1) is 24.2. The van der Waals surface area contributed by atoms with Crippen molar-refractivity contribution in [1.29, 1.82) is 0 Å². The lowest BCUT2D eigenvalue weighted by atomic mass is 9.98. The number of aromatic nitrogens is 6. The van der Waals surface area contributed by atoms with E-state index in [9.17, 15) is 9.90 Å². The number of nitrogens with one attached hydrogen (secondary N) is 1. The maximum atomic E-state index is 12.4. The second-order valence-corrected chi connectivity index (χ2v) is 9.66. The summed E-state index contributed by atoms with van der Waals surface area (Å²) in [5.74, 6) is 0.134. The number of rotatable bonds is 6. The van der Waals surface area contributed by atoms with Crippen LogP contribution in [0.25, 0.3) is 22.8 Å². The van der Waals surface area contributed by atoms with E-state index < -0.39 is 11.5 Å². The van der Waals surface area contributed by atoms with E-state index in [1.54, 1.807) is 31.4 Å². The highest BCUT2D eigenvalue weighted by atomic mass is 16.5. The smallest absolute Gasteiger partial charge is 0.262 e. The highest BCUT2D eigenvalue weighted by Gasteiger charge is 2.48. The van der Waals surface area contributed by atoms with Crippen molar-refractivity contribution in [3.05, 3.63) is 54.2 Å². The van der Waals surface area contributed by atoms with Gasteiger partial charge < -0.3 is 24.6 Å². The lowest BCUT2D eigenvalue weighted by molar-refractivity contribution is -0.144. The van der Waals surface area contributed by atoms with Crippen molar-refractivity contribution in [3.63, 3.8) is 0 Å². The molecule has 0 aromatic carbocycles. The summed E-state index contributed by atoms with van der Waals surface area (Å²) in [6.07, 6.45) is 5.78. The molecule has 2 aliphatic heterocycles. The van der Waals surface area contributed by atoms with Crippen LogP contribution in [0.5, 0.6) is 0 Å². The number of anilines is 2. The van der Waals surface area contributed by atoms with Gasteiger partial charge in [-0.15, -0.1) is 0 Å². The Kier molecular flexibility index (Phi) is 6.12. The highest BCUT2D eigenvalue weighted by Crippen LogP contribution is 2.34. The van der Waals surface area contributed by atoms with E-state index in [0.29, 0.717) is 41.3 Å². The molecule has 0 aliphatic carbocycles. The number of aliphatic hydroxyl groups is 1. The zero-order valence-corrected chi connectivity index (χ0v) is 21.2. The monoisotopic (exact) mass is 516 g/mol. The summed E-state index contributed by atoms with van der Waals surface area (Å²) < 4.78 is 12.8. The summed E-state index contributed by atoms with van der Waals surface area (Å²) in [5.41, 5.74) is 2.18. The highest BCUT2D eigenvalue weighted by molar-refractivity contribution is 5.87. The first-order chi connectivity index (χ1) is 18.4. The van der Waals surface area contributed by atoms with Crippen LogP contribution < -0.4 is 5.32 Å². The molecule has 12 heteroatoms. The molecule has 1 atom stereocenters. The second kappa shape index (κ2) is 9.62. The number of pyridine rings is 1. The molecular weight excluding hydrogens is 488 g/mol. The van der Waals surface area contributed by atoms with E-state index in [1.807, 2.05) is 29.9 Å². The fourth-order valence-electron chi connectivity index (χ4n) is 4.82. The van der Waals surface area contributed by atoms with Gasteiger partial charge in [0.15, 0.2) is 5.76 Å². The van der Waals surface area contributed by atoms with Crippen LogP contribution in [-0.2, 0) is 15.1 Å². The Labute approximate surface area is 218 Å². The molecule has 0 radical (unpaired) electrons. The van der Waals surface area contributed by atoms with Crippen molar-refractivity contribution in [2.24, 2.45) is 0 Å². The van der Waals surface area contributed by atoms with Crippen molar-refractivity contribution >= 4 is 17.5 Å². The molecule has 0 unspecified atom stereocenters. The predicted octanol–water partition coefficient (Wildman–Crippen LogP) is 2.84. The third-order valence-electron chi connectivity index (χ3n) is 7.08. The SMILES string of the molecule is Cc1nn(C2CCOCC2)cc1Nc1nccc(-c2cccc(-c3cc([C@]4(O)CCN(C)C4=O)on3)n2)n1. The third kappa shape index (κ3) is 4.41. The molecule has 2 aliphatic rings. The van der Waals surface area contributed by atoms with Gasteiger partial charge in [0.1, 0.15) is 5.69 Å². The van der Waals surface area contributed by atoms with E-state index in [0.717, 1.165) is 37.4 Å². The average molecular weight is 517 g/mol. The van der Waals surface area contributed by atoms with Gasteiger partial charge in [-0.05, 0) is 38.0 Å². The van der Waals surface area contributed by atoms with E-state index in [-0.39, 0.29) is 12.2 Å². The number of aryl methyl sites for hydroxylation is 1. The second-order valence-electron chi connectivity index (χ2n) is 9.66. The van der Waals surface area contributed by atoms with Gasteiger partial charge in [0.2, 0.25) is 11.5 Å². The Hall–Kier alpha value is -4.16. The summed E-state index contributed by atoms with van der Waals surface area (Å²) >= 11 is 0. The number of likely N-dealkylation sites (tertiary alicyclic amines) is 1. The van der Waals surface area contributed by atoms with Gasteiger partial charge in [-0.25, -0.2) is 15.0 Å². The third-order valence-corrected chi connectivity index (χ3v) is 7.08. The van der Waals surface area contributed by atoms with Crippen LogP contribution in [0.3, 0.4) is 0 Å². The van der Waals surface area contributed by atoms with E-state index in [4.69, 9.17) is 14.2 Å². The van der Waals surface area contributed by atoms with E-state index >= 15 is 0 Å². The van der Waals surface area contributed by atoms with Crippen LogP contribution in [0.1, 0.15) is 36.8 Å². The Morgan fingerprint density at radius 2 is 1.87 bits per heavy atom. The quantitative estimate of drug-likeness (QED) is 0.392. The van der Waals surface area contributed by atoms with Crippen LogP contribution in [0.15, 0.2) is 47.2 Å². The minimum Gasteiger partial charge on any atom is -0.381 e. The summed E-state index contributed by atoms with van der Waals surface area (Å²) in [5, 5.41) is 22.9. The number of amides is 1. The lowest BCUT2D eigenvalue weighted by Gasteiger charge is -2.22. The summed E-state index contributed by atoms with van der Waals surface area (Å²) in [6.45, 7) is 3.89. The Bertz CT molecular complexity index is 1480. The van der Waals surface area contributed by atoms with Crippen LogP contribution in [0, 0.1) is 6.92 Å². The topological polar surface area (TPSA) is 144 Å². The minimum absolute atomic E-state index is 0.110. The number of likely N-dealkylation sites (N-methyl/N-ethyl adjacent to an activating group) is 1. The molecular formula is C26H28N8O4. The Balaban J connectivity index is 1.22. The summed E-state index contributed by atoms with van der Waals surface area (Å²) in [7, 11) is 1.65. The first-order valence-electron chi connectivity index (χ1n) is 12.6. The van der Waals surface area contributed by atoms with E-state index in [2.05, 4.69) is 25.5 Å². The first-order valence-corrected chi connectivity index (χ1v) is 12.6. The predicted molar refractivity (Wildman–Crippen MR) is 136 cm³/mol. The number of carbonyl (C=O) groups excluding carboxylic acids is 1. The molecule has 196 valence electrons. The van der Waals surface area contributed by atoms with Crippen molar-refractivity contribution < 1.29 is 19.2 Å². The van der Waals surface area contributed by atoms with Gasteiger partial charge in [-0.2, -0.15) is 5.10 Å². The number of hydrogen-bond acceptors (Lipinski definition) is 10. The maximum absolute atomic E-state index is 12.4. The zero-order chi connectivity index (χ0) is 26.3. The van der Waals surface area contributed by atoms with Gasteiger partial charge in [0, 0.05) is 51.7 Å². The molecule has 0 bridgehead atoms. The van der Waals surface area contributed by atoms with Crippen LogP contribution in [-0.4, -0.2) is 72.6 Å². The standard InChI is InChI=1S/C26H28N8O4/c1-16-22(15-34(31-16)17-7-12-37-13-8-17)30-25-27-10-6-20(29-25)18-4-3-5-19(28-18)21-14-23(38-32-21)26(36)9-11-33(2)24(26)35/h3-6,10,14-15,17,36H,7-9,11-13H2,1-2H3,(H,27,29,30)/t26-/m1/s1. The number of nitrogens with zero attached hydrogens (tertiary/aromatic N) is 7. The Morgan fingerprint density at radius 3 is 2.63 bits per heavy atom. The largest absolute Gasteiger partial charge is 0.381 e. The van der Waals surface area contributed by atoms with Gasteiger partial charge in [0.05, 0.1) is 34.5 Å². The summed E-state index contributed by atoms with van der Waals surface area (Å²) in [4.78, 5) is 27.6. The Morgan fingerprint density at radius 1 is 1.11 bits per heavy atom. The molecule has 0 spiro atoms. The molecule has 2 fully saturated rings. The molecule has 4 aromatic rings. The van der Waals surface area contributed by atoms with Crippen LogP contribution in [0.4, 0.5) is 11.6 Å². The molecule has 0 saturated carbocycles. The fraction of sp³-hybridized carbons (Fsp3) is 0.385. The minimum atomic E-state index is -1.71. The fourth-order valence-corrected chi connectivity index (χ4v) is 4.82. The molecule has 6 rings (SSSR count). The van der Waals surface area contributed by atoms with Gasteiger partial charge in [-0.3, -0.25) is 9.48 Å². The van der Waals surface area contributed by atoms with Gasteiger partial charge >= 0.3 is 0 Å². The molecule has 2 saturated heterocycles.